The highest BCUT2D eigenvalue weighted by molar-refractivity contribution is 6.00. The van der Waals surface area contributed by atoms with E-state index in [0.717, 1.165) is 0 Å². The quantitative estimate of drug-likeness (QED) is 0.496. The molecule has 1 aromatic heterocycles. The molecule has 8 nitrogen and oxygen atoms in total. The van der Waals surface area contributed by atoms with Crippen LogP contribution in [0.3, 0.4) is 0 Å². The number of piperazine rings is 1. The zero-order chi connectivity index (χ0) is 28.1. The molecular formula is C31H38N4O4. The highest BCUT2D eigenvalue weighted by Gasteiger charge is 2.49. The molecule has 0 radical (unpaired) electrons. The van der Waals surface area contributed by atoms with E-state index in [1.807, 2.05) is 46.8 Å². The van der Waals surface area contributed by atoms with E-state index in [-0.39, 0.29) is 29.6 Å². The topological polar surface area (TPSA) is 105 Å². The fourth-order valence-corrected chi connectivity index (χ4v) is 5.98. The molecule has 3 aromatic rings. The molecule has 0 saturated carbocycles. The molecule has 3 amide bonds. The average Bonchev–Trinajstić information content (AvgIpc) is 3.43. The Morgan fingerprint density at radius 1 is 1.13 bits per heavy atom. The van der Waals surface area contributed by atoms with Gasteiger partial charge >= 0.3 is 0 Å². The molecule has 2 N–H and O–H groups in total. The van der Waals surface area contributed by atoms with Gasteiger partial charge in [0.1, 0.15) is 23.6 Å². The lowest BCUT2D eigenvalue weighted by Gasteiger charge is -2.45. The van der Waals surface area contributed by atoms with Gasteiger partial charge < -0.3 is 20.0 Å². The van der Waals surface area contributed by atoms with Gasteiger partial charge in [0.2, 0.25) is 17.7 Å². The first-order chi connectivity index (χ1) is 18.4. The molecule has 1 aliphatic heterocycles. The summed E-state index contributed by atoms with van der Waals surface area (Å²) < 4.78 is 5.66. The van der Waals surface area contributed by atoms with Crippen LogP contribution in [-0.2, 0) is 27.2 Å². The van der Waals surface area contributed by atoms with E-state index < -0.39 is 23.7 Å². The number of nitrogens with zero attached hydrogens (tertiary/aromatic N) is 2. The Labute approximate surface area is 229 Å². The van der Waals surface area contributed by atoms with E-state index in [1.165, 1.54) is 11.1 Å². The largest absolute Gasteiger partial charge is 0.441 e. The number of hydrogen-bond donors (Lipinski definition) is 2. The van der Waals surface area contributed by atoms with E-state index in [2.05, 4.69) is 27.8 Å². The van der Waals surface area contributed by atoms with E-state index in [4.69, 9.17) is 4.42 Å². The number of amides is 3. The van der Waals surface area contributed by atoms with Crippen LogP contribution in [0, 0.1) is 18.8 Å². The molecule has 0 bridgehead atoms. The minimum absolute atomic E-state index is 0.0756. The van der Waals surface area contributed by atoms with Gasteiger partial charge in [-0.3, -0.25) is 14.4 Å². The molecule has 3 atom stereocenters. The van der Waals surface area contributed by atoms with Crippen molar-refractivity contribution in [3.05, 3.63) is 65.0 Å². The molecule has 1 saturated heterocycles. The molecule has 1 aliphatic carbocycles. The van der Waals surface area contributed by atoms with Crippen LogP contribution in [0.15, 0.2) is 46.9 Å². The van der Waals surface area contributed by atoms with Gasteiger partial charge in [0, 0.05) is 12.5 Å². The molecule has 2 aliphatic rings. The van der Waals surface area contributed by atoms with Gasteiger partial charge in [-0.2, -0.15) is 0 Å². The second-order valence-corrected chi connectivity index (χ2v) is 12.4. The van der Waals surface area contributed by atoms with Crippen LogP contribution in [-0.4, -0.2) is 45.2 Å². The number of nitrogens with one attached hydrogen (secondary N) is 2. The third-order valence-corrected chi connectivity index (χ3v) is 7.56. The van der Waals surface area contributed by atoms with Crippen molar-refractivity contribution in [2.45, 2.75) is 84.5 Å². The summed E-state index contributed by atoms with van der Waals surface area (Å²) in [4.78, 5) is 48.2. The second kappa shape index (κ2) is 10.1. The average molecular weight is 531 g/mol. The molecule has 1 unspecified atom stereocenters. The number of carbonyl (C=O) groups is 3. The summed E-state index contributed by atoms with van der Waals surface area (Å²) in [5, 5.41) is 6.13. The summed E-state index contributed by atoms with van der Waals surface area (Å²) in [7, 11) is 0. The molecule has 2 heterocycles. The summed E-state index contributed by atoms with van der Waals surface area (Å²) in [6, 6.07) is 11.1. The lowest BCUT2D eigenvalue weighted by molar-refractivity contribution is -0.158. The fourth-order valence-electron chi connectivity index (χ4n) is 5.98. The highest BCUT2D eigenvalue weighted by Crippen LogP contribution is 2.36. The number of rotatable bonds is 6. The first-order valence-corrected chi connectivity index (χ1v) is 13.8. The minimum atomic E-state index is -1.00. The van der Waals surface area contributed by atoms with Crippen molar-refractivity contribution in [3.63, 3.8) is 0 Å². The Morgan fingerprint density at radius 3 is 2.41 bits per heavy atom. The lowest BCUT2D eigenvalue weighted by atomic mass is 9.87. The Balaban J connectivity index is 1.59. The molecule has 5 rings (SSSR count). The molecule has 206 valence electrons. The van der Waals surface area contributed by atoms with Crippen molar-refractivity contribution in [1.29, 1.82) is 0 Å². The van der Waals surface area contributed by atoms with Crippen molar-refractivity contribution in [1.82, 2.24) is 20.5 Å². The number of hydrogen-bond acceptors (Lipinski definition) is 5. The predicted molar refractivity (Wildman–Crippen MR) is 149 cm³/mol. The monoisotopic (exact) mass is 530 g/mol. The first kappa shape index (κ1) is 26.9. The van der Waals surface area contributed by atoms with E-state index in [9.17, 15) is 14.4 Å². The minimum Gasteiger partial charge on any atom is -0.441 e. The predicted octanol–water partition coefficient (Wildman–Crippen LogP) is 4.25. The van der Waals surface area contributed by atoms with Crippen LogP contribution in [0.5, 0.6) is 0 Å². The smallest absolute Gasteiger partial charge is 0.247 e. The van der Waals surface area contributed by atoms with Crippen LogP contribution < -0.4 is 10.6 Å². The number of carbonyl (C=O) groups excluding carboxylic acids is 3. The fraction of sp³-hybridized carbons (Fsp3) is 0.484. The molecular weight excluding hydrogens is 492 g/mol. The first-order valence-electron chi connectivity index (χ1n) is 13.8. The summed E-state index contributed by atoms with van der Waals surface area (Å²) in [6.07, 6.45) is 1.86. The van der Waals surface area contributed by atoms with E-state index in [1.54, 1.807) is 30.0 Å². The number of aromatic nitrogens is 1. The molecule has 0 spiro atoms. The maximum atomic E-state index is 14.5. The zero-order valence-electron chi connectivity index (χ0n) is 23.6. The van der Waals surface area contributed by atoms with Crippen LogP contribution in [0.4, 0.5) is 0 Å². The molecule has 1 fully saturated rings. The van der Waals surface area contributed by atoms with Gasteiger partial charge in [0.05, 0.1) is 0 Å². The van der Waals surface area contributed by atoms with E-state index >= 15 is 0 Å². The summed E-state index contributed by atoms with van der Waals surface area (Å²) in [5.41, 5.74) is 3.68. The molecule has 2 aromatic carbocycles. The van der Waals surface area contributed by atoms with Crippen molar-refractivity contribution in [2.24, 2.45) is 11.8 Å². The maximum Gasteiger partial charge on any atom is 0.247 e. The lowest BCUT2D eigenvalue weighted by Crippen LogP contribution is -2.67. The van der Waals surface area contributed by atoms with Crippen LogP contribution in [0.2, 0.25) is 0 Å². The van der Waals surface area contributed by atoms with Gasteiger partial charge in [0.25, 0.3) is 0 Å². The van der Waals surface area contributed by atoms with Crippen LogP contribution >= 0.6 is 0 Å². The van der Waals surface area contributed by atoms with Gasteiger partial charge in [-0.15, -0.1) is 0 Å². The standard InChI is InChI=1S/C31H38N4O4/c1-17(2)13-24-28(36)33-26(22-14-19-9-7-8-10-20(19)15-22)30(38)35(24)27(29(37)34-31(4,5)6)21-11-12-25-23(16-21)32-18(3)39-25/h7-12,16-17,22,24,26-27H,13-15H2,1-6H3,(H,33,36)(H,34,37)/t24-,26?,27-/m1/s1. The molecule has 39 heavy (non-hydrogen) atoms. The number of benzene rings is 2. The highest BCUT2D eigenvalue weighted by atomic mass is 16.3. The second-order valence-electron chi connectivity index (χ2n) is 12.4. The van der Waals surface area contributed by atoms with Crippen molar-refractivity contribution < 1.29 is 18.8 Å². The van der Waals surface area contributed by atoms with Crippen molar-refractivity contribution in [3.8, 4) is 0 Å². The SMILES string of the molecule is Cc1nc2cc([C@H](C(=O)NC(C)(C)C)N3C(=O)C(C4Cc5ccccc5C4)NC(=O)[C@H]3CC(C)C)ccc2o1. The normalized spacial score (nSPS) is 20.8. The van der Waals surface area contributed by atoms with Crippen molar-refractivity contribution in [2.75, 3.05) is 0 Å². The Kier molecular flexibility index (Phi) is 6.99. The number of oxazole rings is 1. The van der Waals surface area contributed by atoms with Crippen LogP contribution in [0.1, 0.15) is 69.7 Å². The maximum absolute atomic E-state index is 14.5. The Hall–Kier alpha value is -3.68. The summed E-state index contributed by atoms with van der Waals surface area (Å²) >= 11 is 0. The third-order valence-electron chi connectivity index (χ3n) is 7.56. The summed E-state index contributed by atoms with van der Waals surface area (Å²) in [5.74, 6) is -0.180. The zero-order valence-corrected chi connectivity index (χ0v) is 23.6. The van der Waals surface area contributed by atoms with E-state index in [0.29, 0.717) is 41.8 Å². The van der Waals surface area contributed by atoms with Gasteiger partial charge in [-0.25, -0.2) is 4.98 Å². The Bertz CT molecular complexity index is 1390. The number of aryl methyl sites for hydroxylation is 1. The Morgan fingerprint density at radius 2 is 1.79 bits per heavy atom. The third kappa shape index (κ3) is 5.42. The summed E-state index contributed by atoms with van der Waals surface area (Å²) in [6.45, 7) is 11.5. The van der Waals surface area contributed by atoms with Crippen molar-refractivity contribution >= 4 is 28.8 Å². The van der Waals surface area contributed by atoms with Gasteiger partial charge in [-0.05, 0) is 80.7 Å². The number of fused-ring (bicyclic) bond motifs is 2. The molecule has 8 heteroatoms. The van der Waals surface area contributed by atoms with Gasteiger partial charge in [-0.1, -0.05) is 44.2 Å². The van der Waals surface area contributed by atoms with Crippen LogP contribution in [0.25, 0.3) is 11.1 Å². The van der Waals surface area contributed by atoms with Gasteiger partial charge in [0.15, 0.2) is 11.5 Å².